The predicted molar refractivity (Wildman–Crippen MR) is 79.2 cm³/mol. The largest absolute Gasteiger partial charge is 0.392 e. The third-order valence-electron chi connectivity index (χ3n) is 4.13. The number of rotatable bonds is 4. The smallest absolute Gasteiger partial charge is 0.271 e. The first kappa shape index (κ1) is 15.1. The van der Waals surface area contributed by atoms with Crippen LogP contribution in [0.3, 0.4) is 0 Å². The van der Waals surface area contributed by atoms with E-state index < -0.39 is 4.92 Å². The van der Waals surface area contributed by atoms with Gasteiger partial charge in [0.1, 0.15) is 0 Å². The summed E-state index contributed by atoms with van der Waals surface area (Å²) in [5.74, 6) is 0. The summed E-state index contributed by atoms with van der Waals surface area (Å²) in [6.45, 7) is 2.66. The molecule has 0 radical (unpaired) electrons. The molecule has 1 fully saturated rings. The van der Waals surface area contributed by atoms with Crippen LogP contribution in [0.25, 0.3) is 0 Å². The van der Waals surface area contributed by atoms with Gasteiger partial charge in [0.25, 0.3) is 5.69 Å². The molecule has 2 rings (SSSR count). The fourth-order valence-electron chi connectivity index (χ4n) is 2.65. The van der Waals surface area contributed by atoms with Gasteiger partial charge < -0.3 is 10.4 Å². The Bertz CT molecular complexity index is 509. The highest BCUT2D eigenvalue weighted by Crippen LogP contribution is 2.37. The number of nitrogens with one attached hydrogen (secondary N) is 1. The summed E-state index contributed by atoms with van der Waals surface area (Å²) in [6, 6.07) is 4.37. The number of nitrogens with zero attached hydrogens (tertiary/aromatic N) is 1. The van der Waals surface area contributed by atoms with Crippen molar-refractivity contribution in [3.05, 3.63) is 33.3 Å². The second kappa shape index (κ2) is 5.97. The van der Waals surface area contributed by atoms with E-state index in [2.05, 4.69) is 12.2 Å². The molecule has 1 saturated carbocycles. The van der Waals surface area contributed by atoms with Crippen LogP contribution in [0.15, 0.2) is 18.2 Å². The summed E-state index contributed by atoms with van der Waals surface area (Å²) in [6.07, 6.45) is 3.65. The summed E-state index contributed by atoms with van der Waals surface area (Å²) in [5.41, 5.74) is 0.462. The molecule has 0 aliphatic heterocycles. The molecule has 0 amide bonds. The molecular formula is C14H19ClN2O3. The number of hydrogen-bond acceptors (Lipinski definition) is 4. The molecule has 0 spiro atoms. The minimum absolute atomic E-state index is 0.0236. The van der Waals surface area contributed by atoms with Crippen molar-refractivity contribution in [1.29, 1.82) is 0 Å². The Hall–Kier alpha value is -1.33. The monoisotopic (exact) mass is 298 g/mol. The molecule has 1 aliphatic carbocycles. The van der Waals surface area contributed by atoms with Gasteiger partial charge in [-0.15, -0.1) is 0 Å². The quantitative estimate of drug-likeness (QED) is 0.658. The van der Waals surface area contributed by atoms with E-state index in [9.17, 15) is 15.2 Å². The standard InChI is InChI=1S/C14H19ClN2O3/c1-14(7-3-2-4-13(14)18)9-16-12-6-5-10(17(19)20)8-11(12)15/h5-6,8,13,16,18H,2-4,7,9H2,1H3. The zero-order chi connectivity index (χ0) is 14.8. The number of benzene rings is 1. The lowest BCUT2D eigenvalue weighted by molar-refractivity contribution is -0.384. The summed E-state index contributed by atoms with van der Waals surface area (Å²) < 4.78 is 0. The van der Waals surface area contributed by atoms with Crippen LogP contribution in [-0.4, -0.2) is 22.7 Å². The van der Waals surface area contributed by atoms with E-state index in [1.807, 2.05) is 0 Å². The molecule has 2 unspecified atom stereocenters. The highest BCUT2D eigenvalue weighted by Gasteiger charge is 2.35. The molecule has 1 aromatic rings. The molecule has 110 valence electrons. The Kier molecular flexibility index (Phi) is 4.50. The van der Waals surface area contributed by atoms with Crippen LogP contribution in [0.2, 0.25) is 5.02 Å². The predicted octanol–water partition coefficient (Wildman–Crippen LogP) is 3.60. The van der Waals surface area contributed by atoms with Gasteiger partial charge in [-0.25, -0.2) is 0 Å². The zero-order valence-electron chi connectivity index (χ0n) is 11.4. The van der Waals surface area contributed by atoms with Gasteiger partial charge in [-0.2, -0.15) is 0 Å². The van der Waals surface area contributed by atoms with Gasteiger partial charge in [0.15, 0.2) is 0 Å². The average Bonchev–Trinajstić information content (AvgIpc) is 2.41. The lowest BCUT2D eigenvalue weighted by atomic mass is 9.73. The van der Waals surface area contributed by atoms with Crippen molar-refractivity contribution in [2.75, 3.05) is 11.9 Å². The van der Waals surface area contributed by atoms with Gasteiger partial charge in [-0.1, -0.05) is 31.4 Å². The van der Waals surface area contributed by atoms with E-state index in [0.717, 1.165) is 25.7 Å². The molecule has 0 heterocycles. The van der Waals surface area contributed by atoms with Crippen molar-refractivity contribution in [1.82, 2.24) is 0 Å². The number of aliphatic hydroxyl groups excluding tert-OH is 1. The summed E-state index contributed by atoms with van der Waals surface area (Å²) in [7, 11) is 0. The van der Waals surface area contributed by atoms with Crippen molar-refractivity contribution in [2.45, 2.75) is 38.7 Å². The van der Waals surface area contributed by atoms with Crippen LogP contribution in [0.5, 0.6) is 0 Å². The first-order valence-electron chi connectivity index (χ1n) is 6.78. The van der Waals surface area contributed by atoms with Crippen molar-refractivity contribution in [3.8, 4) is 0 Å². The van der Waals surface area contributed by atoms with E-state index in [4.69, 9.17) is 11.6 Å². The molecule has 1 aliphatic rings. The number of nitro benzene ring substituents is 1. The van der Waals surface area contributed by atoms with Crippen molar-refractivity contribution in [3.63, 3.8) is 0 Å². The molecule has 0 aromatic heterocycles. The van der Waals surface area contributed by atoms with Gasteiger partial charge >= 0.3 is 0 Å². The number of aliphatic hydroxyl groups is 1. The number of halogens is 1. The van der Waals surface area contributed by atoms with Crippen LogP contribution in [0, 0.1) is 15.5 Å². The fourth-order valence-corrected chi connectivity index (χ4v) is 2.89. The minimum atomic E-state index is -0.470. The van der Waals surface area contributed by atoms with Gasteiger partial charge in [0.2, 0.25) is 0 Å². The second-order valence-corrected chi connectivity index (χ2v) is 6.10. The maximum Gasteiger partial charge on any atom is 0.271 e. The highest BCUT2D eigenvalue weighted by molar-refractivity contribution is 6.33. The molecule has 0 saturated heterocycles. The molecule has 2 atom stereocenters. The molecule has 1 aromatic carbocycles. The van der Waals surface area contributed by atoms with Crippen molar-refractivity contribution < 1.29 is 10.0 Å². The van der Waals surface area contributed by atoms with Crippen LogP contribution >= 0.6 is 11.6 Å². The summed E-state index contributed by atoms with van der Waals surface area (Å²) >= 11 is 6.04. The Morgan fingerprint density at radius 1 is 1.55 bits per heavy atom. The summed E-state index contributed by atoms with van der Waals surface area (Å²) in [4.78, 5) is 10.2. The Labute approximate surface area is 123 Å². The maximum absolute atomic E-state index is 10.7. The van der Waals surface area contributed by atoms with Gasteiger partial charge in [0.05, 0.1) is 21.7 Å². The Morgan fingerprint density at radius 2 is 2.30 bits per heavy atom. The van der Waals surface area contributed by atoms with Gasteiger partial charge in [0, 0.05) is 24.1 Å². The SMILES string of the molecule is CC1(CNc2ccc([N+](=O)[O-])cc2Cl)CCCCC1O. The van der Waals surface area contributed by atoms with Crippen LogP contribution in [0.4, 0.5) is 11.4 Å². The third-order valence-corrected chi connectivity index (χ3v) is 4.44. The highest BCUT2D eigenvalue weighted by atomic mass is 35.5. The number of non-ortho nitro benzene ring substituents is 1. The van der Waals surface area contributed by atoms with Crippen LogP contribution in [0.1, 0.15) is 32.6 Å². The average molecular weight is 299 g/mol. The first-order chi connectivity index (χ1) is 9.42. The van der Waals surface area contributed by atoms with E-state index in [-0.39, 0.29) is 17.2 Å². The van der Waals surface area contributed by atoms with Crippen molar-refractivity contribution in [2.24, 2.45) is 5.41 Å². The minimum Gasteiger partial charge on any atom is -0.392 e. The molecule has 2 N–H and O–H groups in total. The van der Waals surface area contributed by atoms with E-state index in [1.54, 1.807) is 6.07 Å². The first-order valence-corrected chi connectivity index (χ1v) is 7.16. The second-order valence-electron chi connectivity index (χ2n) is 5.69. The lowest BCUT2D eigenvalue weighted by Crippen LogP contribution is -2.41. The third kappa shape index (κ3) is 3.22. The van der Waals surface area contributed by atoms with Crippen LogP contribution in [-0.2, 0) is 0 Å². The number of anilines is 1. The van der Waals surface area contributed by atoms with E-state index in [1.165, 1.54) is 12.1 Å². The van der Waals surface area contributed by atoms with Crippen LogP contribution < -0.4 is 5.32 Å². The van der Waals surface area contributed by atoms with E-state index in [0.29, 0.717) is 17.3 Å². The van der Waals surface area contributed by atoms with Crippen molar-refractivity contribution >= 4 is 23.0 Å². The number of hydrogen-bond donors (Lipinski definition) is 2. The maximum atomic E-state index is 10.7. The molecular weight excluding hydrogens is 280 g/mol. The Balaban J connectivity index is 2.05. The zero-order valence-corrected chi connectivity index (χ0v) is 12.2. The number of nitro groups is 1. The molecule has 0 bridgehead atoms. The van der Waals surface area contributed by atoms with Gasteiger partial charge in [-0.05, 0) is 18.9 Å². The molecule has 5 nitrogen and oxygen atoms in total. The fraction of sp³-hybridized carbons (Fsp3) is 0.571. The Morgan fingerprint density at radius 3 is 2.90 bits per heavy atom. The lowest BCUT2D eigenvalue weighted by Gasteiger charge is -2.38. The van der Waals surface area contributed by atoms with Gasteiger partial charge in [-0.3, -0.25) is 10.1 Å². The molecule has 6 heteroatoms. The summed E-state index contributed by atoms with van der Waals surface area (Å²) in [5, 5.41) is 24.3. The van der Waals surface area contributed by atoms with E-state index >= 15 is 0 Å². The normalized spacial score (nSPS) is 26.2. The molecule has 20 heavy (non-hydrogen) atoms. The topological polar surface area (TPSA) is 75.4 Å².